The Morgan fingerprint density at radius 3 is 1.54 bits per heavy atom. The van der Waals surface area contributed by atoms with Crippen molar-refractivity contribution in [2.75, 3.05) is 36.9 Å². The predicted octanol–water partition coefficient (Wildman–Crippen LogP) is 3.58. The van der Waals surface area contributed by atoms with Gasteiger partial charge in [-0.05, 0) is 62.4 Å². The molecular weight excluding hydrogens is 450 g/mol. The first-order chi connectivity index (χ1) is 17.0. The van der Waals surface area contributed by atoms with E-state index in [9.17, 15) is 9.59 Å². The second-order valence-electron chi connectivity index (χ2n) is 7.66. The summed E-state index contributed by atoms with van der Waals surface area (Å²) in [5.74, 6) is 0.722. The number of hydrogen-bond acceptors (Lipinski definition) is 9. The summed E-state index contributed by atoms with van der Waals surface area (Å²) in [6.45, 7) is 4.80. The van der Waals surface area contributed by atoms with Gasteiger partial charge in [0.25, 0.3) is 0 Å². The lowest BCUT2D eigenvalue weighted by Crippen LogP contribution is -2.28. The van der Waals surface area contributed by atoms with Crippen LogP contribution in [0.4, 0.5) is 21.2 Å². The molecule has 2 amide bonds. The lowest BCUT2D eigenvalue weighted by atomic mass is 10.2. The SMILES string of the molecule is Cc1ccc2ccc(NC(=O)OCCNCCOC(=O)Nc3ccc4ccc(C)nc4n3)nc2n1. The van der Waals surface area contributed by atoms with Crippen molar-refractivity contribution < 1.29 is 19.1 Å². The Morgan fingerprint density at radius 1 is 0.657 bits per heavy atom. The predicted molar refractivity (Wildman–Crippen MR) is 131 cm³/mol. The number of pyridine rings is 4. The third-order valence-corrected chi connectivity index (χ3v) is 4.87. The number of rotatable bonds is 8. The summed E-state index contributed by atoms with van der Waals surface area (Å²) in [5, 5.41) is 9.95. The zero-order valence-electron chi connectivity index (χ0n) is 19.4. The molecule has 4 aromatic rings. The van der Waals surface area contributed by atoms with E-state index in [0.29, 0.717) is 36.0 Å². The largest absolute Gasteiger partial charge is 0.448 e. The summed E-state index contributed by atoms with van der Waals surface area (Å²) in [7, 11) is 0. The number of nitrogens with zero attached hydrogens (tertiary/aromatic N) is 4. The molecule has 0 saturated heterocycles. The summed E-state index contributed by atoms with van der Waals surface area (Å²) in [4.78, 5) is 41.2. The van der Waals surface area contributed by atoms with Crippen molar-refractivity contribution in [1.82, 2.24) is 25.3 Å². The number of fused-ring (bicyclic) bond motifs is 2. The molecule has 180 valence electrons. The quantitative estimate of drug-likeness (QED) is 0.326. The summed E-state index contributed by atoms with van der Waals surface area (Å²) in [6, 6.07) is 14.7. The van der Waals surface area contributed by atoms with E-state index >= 15 is 0 Å². The molecule has 0 radical (unpaired) electrons. The van der Waals surface area contributed by atoms with Gasteiger partial charge in [-0.15, -0.1) is 0 Å². The van der Waals surface area contributed by atoms with E-state index in [4.69, 9.17) is 9.47 Å². The Labute approximate surface area is 201 Å². The van der Waals surface area contributed by atoms with Gasteiger partial charge >= 0.3 is 12.2 Å². The monoisotopic (exact) mass is 475 g/mol. The van der Waals surface area contributed by atoms with Gasteiger partial charge in [0.05, 0.1) is 0 Å². The van der Waals surface area contributed by atoms with Gasteiger partial charge in [0, 0.05) is 35.2 Å². The maximum Gasteiger partial charge on any atom is 0.412 e. The standard InChI is InChI=1S/C24H25N7O4/c1-15-3-5-17-7-9-19(28-21(17)26-15)30-23(32)34-13-11-25-12-14-35-24(33)31-20-10-8-18-6-4-16(2)27-22(18)29-20/h3-10,25H,11-14H2,1-2H3,(H,26,28,30,32)(H,27,29,31,33). The minimum absolute atomic E-state index is 0.135. The van der Waals surface area contributed by atoms with Crippen LogP contribution < -0.4 is 16.0 Å². The Kier molecular flexibility index (Phi) is 7.58. The van der Waals surface area contributed by atoms with Crippen LogP contribution in [0.15, 0.2) is 48.5 Å². The molecule has 0 fully saturated rings. The van der Waals surface area contributed by atoms with Crippen molar-refractivity contribution in [2.45, 2.75) is 13.8 Å². The minimum atomic E-state index is -0.616. The van der Waals surface area contributed by atoms with Gasteiger partial charge < -0.3 is 14.8 Å². The lowest BCUT2D eigenvalue weighted by Gasteiger charge is -2.09. The van der Waals surface area contributed by atoms with E-state index in [0.717, 1.165) is 22.2 Å². The molecule has 0 aliphatic carbocycles. The molecular formula is C24H25N7O4. The zero-order chi connectivity index (χ0) is 24.6. The highest BCUT2D eigenvalue weighted by Crippen LogP contribution is 2.15. The Balaban J connectivity index is 1.10. The normalized spacial score (nSPS) is 10.8. The van der Waals surface area contributed by atoms with Crippen LogP contribution in [0.2, 0.25) is 0 Å². The fourth-order valence-electron chi connectivity index (χ4n) is 3.16. The second kappa shape index (κ2) is 11.2. The molecule has 4 aromatic heterocycles. The Hall–Kier alpha value is -4.38. The minimum Gasteiger partial charge on any atom is -0.448 e. The van der Waals surface area contributed by atoms with Crippen LogP contribution in [-0.4, -0.2) is 58.4 Å². The van der Waals surface area contributed by atoms with Gasteiger partial charge in [-0.2, -0.15) is 0 Å². The molecule has 4 heterocycles. The summed E-state index contributed by atoms with van der Waals surface area (Å²) in [5.41, 5.74) is 2.79. The topological polar surface area (TPSA) is 140 Å². The lowest BCUT2D eigenvalue weighted by molar-refractivity contribution is 0.155. The zero-order valence-corrected chi connectivity index (χ0v) is 19.4. The van der Waals surface area contributed by atoms with Crippen molar-refractivity contribution in [3.8, 4) is 0 Å². The number of anilines is 2. The molecule has 0 aliphatic heterocycles. The maximum atomic E-state index is 12.0. The van der Waals surface area contributed by atoms with Crippen LogP contribution in [-0.2, 0) is 9.47 Å². The molecule has 11 heteroatoms. The number of aromatic nitrogens is 4. The fraction of sp³-hybridized carbons (Fsp3) is 0.250. The van der Waals surface area contributed by atoms with Crippen LogP contribution in [0.1, 0.15) is 11.4 Å². The van der Waals surface area contributed by atoms with Gasteiger partial charge in [-0.1, -0.05) is 0 Å². The Morgan fingerprint density at radius 2 is 1.09 bits per heavy atom. The van der Waals surface area contributed by atoms with E-state index < -0.39 is 12.2 Å². The van der Waals surface area contributed by atoms with E-state index in [1.807, 2.05) is 50.2 Å². The highest BCUT2D eigenvalue weighted by molar-refractivity contribution is 5.86. The Bertz CT molecular complexity index is 1260. The van der Waals surface area contributed by atoms with Crippen molar-refractivity contribution in [3.05, 3.63) is 59.9 Å². The van der Waals surface area contributed by atoms with Gasteiger partial charge in [0.2, 0.25) is 0 Å². The molecule has 0 atom stereocenters. The average molecular weight is 476 g/mol. The van der Waals surface area contributed by atoms with Crippen LogP contribution in [0.3, 0.4) is 0 Å². The number of nitrogens with one attached hydrogen (secondary N) is 3. The van der Waals surface area contributed by atoms with Gasteiger partial charge in [-0.25, -0.2) is 29.5 Å². The van der Waals surface area contributed by atoms with Crippen LogP contribution in [0.25, 0.3) is 22.1 Å². The van der Waals surface area contributed by atoms with Crippen LogP contribution in [0, 0.1) is 13.8 Å². The number of carbonyl (C=O) groups excluding carboxylic acids is 2. The van der Waals surface area contributed by atoms with E-state index in [-0.39, 0.29) is 13.2 Å². The molecule has 35 heavy (non-hydrogen) atoms. The maximum absolute atomic E-state index is 12.0. The first-order valence-electron chi connectivity index (χ1n) is 11.0. The highest BCUT2D eigenvalue weighted by Gasteiger charge is 2.07. The molecule has 0 aliphatic rings. The highest BCUT2D eigenvalue weighted by atomic mass is 16.6. The summed E-state index contributed by atoms with van der Waals surface area (Å²) >= 11 is 0. The van der Waals surface area contributed by atoms with Crippen LogP contribution in [0.5, 0.6) is 0 Å². The molecule has 0 saturated carbocycles. The summed E-state index contributed by atoms with van der Waals surface area (Å²) in [6.07, 6.45) is -1.23. The average Bonchev–Trinajstić information content (AvgIpc) is 2.83. The number of amides is 2. The molecule has 11 nitrogen and oxygen atoms in total. The first kappa shape index (κ1) is 23.8. The number of ether oxygens (including phenoxy) is 2. The fourth-order valence-corrected chi connectivity index (χ4v) is 3.16. The van der Waals surface area contributed by atoms with Gasteiger partial charge in [-0.3, -0.25) is 10.6 Å². The molecule has 4 rings (SSSR count). The summed E-state index contributed by atoms with van der Waals surface area (Å²) < 4.78 is 10.2. The van der Waals surface area contributed by atoms with Crippen molar-refractivity contribution in [2.24, 2.45) is 0 Å². The first-order valence-corrected chi connectivity index (χ1v) is 11.0. The molecule has 0 aromatic carbocycles. The smallest absolute Gasteiger partial charge is 0.412 e. The molecule has 3 N–H and O–H groups in total. The van der Waals surface area contributed by atoms with Crippen LogP contribution >= 0.6 is 0 Å². The third kappa shape index (κ3) is 6.81. The number of carbonyl (C=O) groups is 2. The van der Waals surface area contributed by atoms with Gasteiger partial charge in [0.15, 0.2) is 11.3 Å². The van der Waals surface area contributed by atoms with Crippen molar-refractivity contribution in [1.29, 1.82) is 0 Å². The second-order valence-corrected chi connectivity index (χ2v) is 7.66. The molecule has 0 spiro atoms. The van der Waals surface area contributed by atoms with Gasteiger partial charge in [0.1, 0.15) is 24.8 Å². The molecule has 0 bridgehead atoms. The van der Waals surface area contributed by atoms with Crippen molar-refractivity contribution in [3.63, 3.8) is 0 Å². The number of aryl methyl sites for hydroxylation is 2. The third-order valence-electron chi connectivity index (χ3n) is 4.87. The van der Waals surface area contributed by atoms with E-state index in [2.05, 4.69) is 35.9 Å². The number of hydrogen-bond donors (Lipinski definition) is 3. The van der Waals surface area contributed by atoms with E-state index in [1.54, 1.807) is 12.1 Å². The van der Waals surface area contributed by atoms with E-state index in [1.165, 1.54) is 0 Å². The molecule has 0 unspecified atom stereocenters. The van der Waals surface area contributed by atoms with Crippen molar-refractivity contribution >= 4 is 45.9 Å².